The third-order valence-electron chi connectivity index (χ3n) is 3.46. The number of ether oxygens (including phenoxy) is 1. The van der Waals surface area contributed by atoms with Gasteiger partial charge in [0.15, 0.2) is 5.69 Å². The van der Waals surface area contributed by atoms with E-state index in [1.807, 2.05) is 12.1 Å². The number of nitroso groups, excluding NO2 is 1. The van der Waals surface area contributed by atoms with Gasteiger partial charge in [-0.1, -0.05) is 27.5 Å². The number of hydrogen-bond acceptors (Lipinski definition) is 4. The number of halogens is 2. The van der Waals surface area contributed by atoms with Gasteiger partial charge in [-0.15, -0.1) is 4.91 Å². The van der Waals surface area contributed by atoms with E-state index in [-0.39, 0.29) is 11.6 Å². The minimum Gasteiger partial charge on any atom is -0.493 e. The van der Waals surface area contributed by atoms with Gasteiger partial charge >= 0.3 is 0 Å². The lowest BCUT2D eigenvalue weighted by Crippen LogP contribution is -2.07. The van der Waals surface area contributed by atoms with Crippen molar-refractivity contribution in [3.8, 4) is 11.6 Å². The highest BCUT2D eigenvalue weighted by Crippen LogP contribution is 2.39. The summed E-state index contributed by atoms with van der Waals surface area (Å²) in [7, 11) is 0. The molecule has 0 aliphatic carbocycles. The summed E-state index contributed by atoms with van der Waals surface area (Å²) in [6.07, 6.45) is 0. The van der Waals surface area contributed by atoms with Crippen LogP contribution in [0.1, 0.15) is 0 Å². The molecule has 0 spiro atoms. The molecule has 1 N–H and O–H groups in total. The normalized spacial score (nSPS) is 10.9. The molecule has 0 saturated carbocycles. The first kappa shape index (κ1) is 15.8. The van der Waals surface area contributed by atoms with E-state index in [1.54, 1.807) is 34.9 Å². The smallest absolute Gasteiger partial charge is 0.222 e. The minimum atomic E-state index is -0.159. The highest BCUT2D eigenvalue weighted by Gasteiger charge is 2.17. The summed E-state index contributed by atoms with van der Waals surface area (Å²) in [5.41, 5.74) is 0.757. The van der Waals surface area contributed by atoms with Gasteiger partial charge in [0.25, 0.3) is 0 Å². The molecular weight excluding hydrogens is 384 g/mol. The van der Waals surface area contributed by atoms with Crippen LogP contribution in [0.25, 0.3) is 10.9 Å². The molecule has 7 heteroatoms. The Hall–Kier alpha value is -2.05. The Morgan fingerprint density at radius 3 is 2.65 bits per heavy atom. The summed E-state index contributed by atoms with van der Waals surface area (Å²) >= 11 is 9.17. The van der Waals surface area contributed by atoms with E-state index in [2.05, 4.69) is 21.1 Å². The van der Waals surface area contributed by atoms with Crippen molar-refractivity contribution in [3.05, 3.63) is 56.9 Å². The van der Waals surface area contributed by atoms with Gasteiger partial charge in [0, 0.05) is 14.9 Å². The lowest BCUT2D eigenvalue weighted by molar-refractivity contribution is 0.290. The largest absolute Gasteiger partial charge is 0.493 e. The molecule has 1 aromatic heterocycles. The molecule has 0 aliphatic heterocycles. The standard InChI is InChI=1S/C16H12BrClN2O3/c17-10-1-6-14-13(9-10)15(19-22)16(21)20(14)7-8-23-12-4-2-11(18)3-5-12/h1-6,9,21H,7-8H2. The van der Waals surface area contributed by atoms with Crippen molar-refractivity contribution in [2.45, 2.75) is 6.54 Å². The highest BCUT2D eigenvalue weighted by atomic mass is 79.9. The second-order valence-electron chi connectivity index (χ2n) is 4.88. The number of rotatable bonds is 5. The van der Waals surface area contributed by atoms with E-state index in [0.29, 0.717) is 29.3 Å². The maximum Gasteiger partial charge on any atom is 0.222 e. The van der Waals surface area contributed by atoms with Crippen molar-refractivity contribution in [1.82, 2.24) is 4.57 Å². The zero-order chi connectivity index (χ0) is 16.4. The van der Waals surface area contributed by atoms with Crippen molar-refractivity contribution >= 4 is 44.1 Å². The van der Waals surface area contributed by atoms with Crippen LogP contribution in [0.15, 0.2) is 52.1 Å². The van der Waals surface area contributed by atoms with Crippen LogP contribution in [0.2, 0.25) is 5.02 Å². The first-order valence-electron chi connectivity index (χ1n) is 6.82. The number of aromatic nitrogens is 1. The van der Waals surface area contributed by atoms with E-state index in [0.717, 1.165) is 9.99 Å². The molecule has 0 unspecified atom stereocenters. The molecule has 0 fully saturated rings. The highest BCUT2D eigenvalue weighted by molar-refractivity contribution is 9.10. The minimum absolute atomic E-state index is 0.0350. The number of hydrogen-bond donors (Lipinski definition) is 1. The van der Waals surface area contributed by atoms with Gasteiger partial charge < -0.3 is 14.4 Å². The molecule has 3 rings (SSSR count). The summed E-state index contributed by atoms with van der Waals surface area (Å²) in [6, 6.07) is 12.4. The summed E-state index contributed by atoms with van der Waals surface area (Å²) in [5, 5.41) is 14.4. The number of benzene rings is 2. The van der Waals surface area contributed by atoms with Gasteiger partial charge in [0.1, 0.15) is 12.4 Å². The molecule has 118 valence electrons. The first-order chi connectivity index (χ1) is 11.1. The average Bonchev–Trinajstić information content (AvgIpc) is 2.80. The Labute approximate surface area is 145 Å². The summed E-state index contributed by atoms with van der Waals surface area (Å²) in [5.74, 6) is 0.523. The molecule has 0 amide bonds. The van der Waals surface area contributed by atoms with E-state index < -0.39 is 0 Å². The fourth-order valence-corrected chi connectivity index (χ4v) is 2.88. The van der Waals surface area contributed by atoms with Gasteiger partial charge in [-0.25, -0.2) is 0 Å². The maximum atomic E-state index is 11.0. The van der Waals surface area contributed by atoms with E-state index in [1.165, 1.54) is 0 Å². The topological polar surface area (TPSA) is 63.8 Å². The van der Waals surface area contributed by atoms with E-state index in [4.69, 9.17) is 16.3 Å². The molecule has 0 atom stereocenters. The van der Waals surface area contributed by atoms with Gasteiger partial charge in [-0.2, -0.15) is 0 Å². The van der Waals surface area contributed by atoms with Gasteiger partial charge in [-0.3, -0.25) is 0 Å². The van der Waals surface area contributed by atoms with Gasteiger partial charge in [-0.05, 0) is 47.6 Å². The molecule has 0 bridgehead atoms. The molecule has 0 radical (unpaired) electrons. The predicted molar refractivity (Wildman–Crippen MR) is 93.7 cm³/mol. The summed E-state index contributed by atoms with van der Waals surface area (Å²) in [4.78, 5) is 11.0. The average molecular weight is 396 g/mol. The third-order valence-corrected chi connectivity index (χ3v) is 4.21. The Morgan fingerprint density at radius 2 is 1.96 bits per heavy atom. The van der Waals surface area contributed by atoms with Crippen LogP contribution in [0.5, 0.6) is 11.6 Å². The molecule has 1 heterocycles. The molecule has 0 saturated heterocycles. The molecule has 5 nitrogen and oxygen atoms in total. The van der Waals surface area contributed by atoms with Crippen molar-refractivity contribution in [1.29, 1.82) is 0 Å². The first-order valence-corrected chi connectivity index (χ1v) is 7.99. The van der Waals surface area contributed by atoms with E-state index in [9.17, 15) is 10.0 Å². The van der Waals surface area contributed by atoms with Crippen molar-refractivity contribution < 1.29 is 9.84 Å². The van der Waals surface area contributed by atoms with Crippen LogP contribution in [-0.2, 0) is 6.54 Å². The van der Waals surface area contributed by atoms with E-state index >= 15 is 0 Å². The quantitative estimate of drug-likeness (QED) is 0.601. The number of aromatic hydroxyl groups is 1. The predicted octanol–water partition coefficient (Wildman–Crippen LogP) is 5.24. The van der Waals surface area contributed by atoms with Crippen LogP contribution < -0.4 is 4.74 Å². The van der Waals surface area contributed by atoms with Crippen LogP contribution >= 0.6 is 27.5 Å². The van der Waals surface area contributed by atoms with Gasteiger partial charge in [0.2, 0.25) is 5.88 Å². The molecule has 0 aliphatic rings. The van der Waals surface area contributed by atoms with Crippen LogP contribution in [0.3, 0.4) is 0 Å². The Kier molecular flexibility index (Phi) is 4.54. The zero-order valence-corrected chi connectivity index (χ0v) is 14.2. The van der Waals surface area contributed by atoms with Crippen LogP contribution in [-0.4, -0.2) is 16.3 Å². The van der Waals surface area contributed by atoms with Gasteiger partial charge in [0.05, 0.1) is 12.1 Å². The molecule has 23 heavy (non-hydrogen) atoms. The van der Waals surface area contributed by atoms with Crippen LogP contribution in [0, 0.1) is 4.91 Å². The summed E-state index contributed by atoms with van der Waals surface area (Å²) < 4.78 is 8.04. The fourth-order valence-electron chi connectivity index (χ4n) is 2.40. The molecular formula is C16H12BrClN2O3. The number of fused-ring (bicyclic) bond motifs is 1. The second kappa shape index (κ2) is 6.60. The van der Waals surface area contributed by atoms with Crippen molar-refractivity contribution in [3.63, 3.8) is 0 Å². The Balaban J connectivity index is 1.83. The SMILES string of the molecule is O=Nc1c(O)n(CCOc2ccc(Cl)cc2)c2ccc(Br)cc12. The molecule has 2 aromatic carbocycles. The second-order valence-corrected chi connectivity index (χ2v) is 6.23. The Bertz CT molecular complexity index is 862. The maximum absolute atomic E-state index is 11.0. The monoisotopic (exact) mass is 394 g/mol. The van der Waals surface area contributed by atoms with Crippen LogP contribution in [0.4, 0.5) is 5.69 Å². The third kappa shape index (κ3) is 3.18. The zero-order valence-electron chi connectivity index (χ0n) is 11.9. The number of nitrogens with zero attached hydrogens (tertiary/aromatic N) is 2. The fraction of sp³-hybridized carbons (Fsp3) is 0.125. The Morgan fingerprint density at radius 1 is 1.22 bits per heavy atom. The molecule has 3 aromatic rings. The van der Waals surface area contributed by atoms with Crippen molar-refractivity contribution in [2.24, 2.45) is 5.18 Å². The lowest BCUT2D eigenvalue weighted by Gasteiger charge is -2.09. The summed E-state index contributed by atoms with van der Waals surface area (Å²) in [6.45, 7) is 0.704. The lowest BCUT2D eigenvalue weighted by atomic mass is 10.2. The van der Waals surface area contributed by atoms with Crippen molar-refractivity contribution in [2.75, 3.05) is 6.61 Å².